The molecule has 4 aromatic heterocycles. The van der Waals surface area contributed by atoms with Crippen LogP contribution in [0.2, 0.25) is 0 Å². The van der Waals surface area contributed by atoms with Crippen molar-refractivity contribution in [2.75, 3.05) is 33.1 Å². The van der Waals surface area contributed by atoms with E-state index in [0.29, 0.717) is 0 Å². The Morgan fingerprint density at radius 2 is 1.30 bits per heavy atom. The van der Waals surface area contributed by atoms with Gasteiger partial charge >= 0.3 is 6.72 Å². The number of imidazole rings is 2. The zero-order valence-electron chi connectivity index (χ0n) is 26.1. The number of halogens is 2. The Bertz CT molecular complexity index is 1870. The van der Waals surface area contributed by atoms with Crippen LogP contribution >= 0.6 is 13.2 Å². The first-order valence-corrected chi connectivity index (χ1v) is 20.7. The second-order valence-electron chi connectivity index (χ2n) is 11.2. The molecule has 0 radical (unpaired) electrons. The molecule has 0 spiro atoms. The second kappa shape index (κ2) is 14.2. The number of rotatable bonds is 8. The van der Waals surface area contributed by atoms with Gasteiger partial charge in [-0.3, -0.25) is 13.7 Å². The minimum atomic E-state index is -4.22. The summed E-state index contributed by atoms with van der Waals surface area (Å²) in [6, 6.07) is 0. The molecule has 1 N–H and O–H groups in total. The average molecular weight is 775 g/mol. The molecule has 10 atom stereocenters. The Balaban J connectivity index is 1.14. The van der Waals surface area contributed by atoms with E-state index in [9.17, 15) is 4.89 Å². The van der Waals surface area contributed by atoms with Crippen LogP contribution in [-0.4, -0.2) is 114 Å². The summed E-state index contributed by atoms with van der Waals surface area (Å²) in [5.74, 6) is 0.329. The molecule has 0 saturated carbocycles. The normalized spacial score (nSPS) is 34.8. The lowest BCUT2D eigenvalue weighted by Crippen LogP contribution is -2.37. The van der Waals surface area contributed by atoms with Crippen molar-refractivity contribution in [3.63, 3.8) is 0 Å². The van der Waals surface area contributed by atoms with Gasteiger partial charge in [0, 0.05) is 6.66 Å². The minimum Gasteiger partial charge on any atom is -0.472 e. The minimum absolute atomic E-state index is 0.157. The van der Waals surface area contributed by atoms with Crippen LogP contribution in [-0.2, 0) is 51.2 Å². The Morgan fingerprint density at radius 1 is 0.820 bits per heavy atom. The molecule has 3 saturated heterocycles. The predicted octanol–water partition coefficient (Wildman–Crippen LogP) is 3.24. The highest BCUT2D eigenvalue weighted by molar-refractivity contribution is 8.09. The number of aromatic nitrogens is 8. The molecule has 0 amide bonds. The van der Waals surface area contributed by atoms with Gasteiger partial charge in [0.15, 0.2) is 53.6 Å². The van der Waals surface area contributed by atoms with Gasteiger partial charge in [-0.15, -0.1) is 0 Å². The highest BCUT2D eigenvalue weighted by Gasteiger charge is 2.53. The molecule has 7 rings (SSSR count). The fraction of sp³-hybridized carbons (Fsp3) is 0.481. The zero-order chi connectivity index (χ0) is 35.2. The van der Waals surface area contributed by atoms with Crippen molar-refractivity contribution < 1.29 is 50.7 Å². The molecule has 7 heterocycles. The van der Waals surface area contributed by atoms with E-state index in [-0.39, 0.29) is 53.9 Å². The predicted molar refractivity (Wildman–Crippen MR) is 178 cm³/mol. The van der Waals surface area contributed by atoms with Gasteiger partial charge in [-0.2, -0.15) is 9.97 Å². The van der Waals surface area contributed by atoms with Gasteiger partial charge in [0.05, 0.1) is 25.9 Å². The molecule has 0 aromatic carbocycles. The lowest BCUT2D eigenvalue weighted by Gasteiger charge is -2.30. The summed E-state index contributed by atoms with van der Waals surface area (Å²) in [6.07, 6.45) is -3.47. The highest BCUT2D eigenvalue weighted by atomic mass is 32.5. The molecule has 3 aliphatic heterocycles. The molecular formula is C27H30F2N8O9P2S2. The molecule has 4 aromatic rings. The third kappa shape index (κ3) is 6.84. The molecule has 0 aliphatic carbocycles. The van der Waals surface area contributed by atoms with Crippen LogP contribution in [0.25, 0.3) is 22.3 Å². The summed E-state index contributed by atoms with van der Waals surface area (Å²) >= 11 is 10.9. The molecule has 23 heteroatoms. The first-order valence-electron chi connectivity index (χ1n) is 15.0. The average Bonchev–Trinajstić information content (AvgIpc) is 3.85. The van der Waals surface area contributed by atoms with E-state index in [1.165, 1.54) is 53.3 Å². The van der Waals surface area contributed by atoms with E-state index in [0.717, 1.165) is 0 Å². The number of ether oxygens (including phenoxy) is 4. The van der Waals surface area contributed by atoms with Gasteiger partial charge in [-0.25, -0.2) is 28.7 Å². The van der Waals surface area contributed by atoms with Crippen LogP contribution in [0.3, 0.4) is 0 Å². The number of nitrogens with zero attached hydrogens (tertiary/aromatic N) is 8. The molecule has 17 nitrogen and oxygen atoms in total. The maximum Gasteiger partial charge on any atom is 0.325 e. The van der Waals surface area contributed by atoms with Crippen LogP contribution < -0.4 is 9.47 Å². The molecule has 0 bridgehead atoms. The summed E-state index contributed by atoms with van der Waals surface area (Å²) < 4.78 is 81.9. The van der Waals surface area contributed by atoms with Crippen molar-refractivity contribution in [1.82, 2.24) is 39.0 Å². The fourth-order valence-electron chi connectivity index (χ4n) is 5.69. The zero-order valence-corrected chi connectivity index (χ0v) is 29.5. The number of hydrogen-bond donors (Lipinski definition) is 1. The Kier molecular flexibility index (Phi) is 10.1. The van der Waals surface area contributed by atoms with E-state index < -0.39 is 69.0 Å². The van der Waals surface area contributed by atoms with Crippen molar-refractivity contribution in [3.05, 3.63) is 50.6 Å². The smallest absolute Gasteiger partial charge is 0.325 e. The summed E-state index contributed by atoms with van der Waals surface area (Å²) in [7, 11) is 0. The molecule has 50 heavy (non-hydrogen) atoms. The van der Waals surface area contributed by atoms with Gasteiger partial charge in [0.25, 0.3) is 0 Å². The summed E-state index contributed by atoms with van der Waals surface area (Å²) in [5.41, 5.74) is 0.947. The third-order valence-electron chi connectivity index (χ3n) is 7.85. The fourth-order valence-corrected chi connectivity index (χ4v) is 8.78. The quantitative estimate of drug-likeness (QED) is 0.203. The van der Waals surface area contributed by atoms with Gasteiger partial charge in [0.1, 0.15) is 50.3 Å². The van der Waals surface area contributed by atoms with E-state index in [2.05, 4.69) is 43.1 Å². The van der Waals surface area contributed by atoms with Crippen molar-refractivity contribution in [2.24, 2.45) is 0 Å². The molecule has 268 valence electrons. The Morgan fingerprint density at radius 3 is 1.80 bits per heavy atom. The summed E-state index contributed by atoms with van der Waals surface area (Å²) in [5, 5.41) is 0. The van der Waals surface area contributed by atoms with E-state index in [1.807, 2.05) is 0 Å². The third-order valence-corrected chi connectivity index (χ3v) is 11.2. The first-order chi connectivity index (χ1) is 24.0. The number of hydrogen-bond acceptors (Lipinski definition) is 16. The van der Waals surface area contributed by atoms with Crippen LogP contribution in [0, 0.1) is 0 Å². The van der Waals surface area contributed by atoms with Crippen LogP contribution in [0.1, 0.15) is 12.5 Å². The standard InChI is InChI=1S/C27H30F2N8O9P2S2/c1-4-6-39-24-18-22(30-10-32-24)36(12-34-18)26-16(28)20-15(44-26)9-42-48(38,50)46-21-14(8-41-47(3,49)45-20)43-27(17(21)29)37-13-35-19-23(37)31-11-33-25(19)40-7-5-2/h4-5,10-17,20-21,26-27H,1-2,6-9H2,3H3,(H,38,50)/t14-,15-,16-,17-,20-,21-,26?,27-,47?,48?/m1/s1. The van der Waals surface area contributed by atoms with Crippen LogP contribution in [0.5, 0.6) is 11.8 Å². The number of alkyl halides is 2. The lowest BCUT2D eigenvalue weighted by atomic mass is 10.1. The summed E-state index contributed by atoms with van der Waals surface area (Å²) in [4.78, 5) is 36.3. The van der Waals surface area contributed by atoms with Crippen LogP contribution in [0.4, 0.5) is 8.78 Å². The maximum absolute atomic E-state index is 16.3. The SMILES string of the molecule is C=CCOc1ncnc2c1ncn2C1O[C@@H]2COP(O)(=S)O[C@H]3[C@@H](F)[C@H](n4cnc5c(OCC=C)ncnc54)O[C@@H]3COP(C)(=S)O[C@H]2[C@H]1F. The maximum atomic E-state index is 16.3. The molecule has 3 fully saturated rings. The monoisotopic (exact) mass is 774 g/mol. The van der Waals surface area contributed by atoms with E-state index in [4.69, 9.17) is 60.7 Å². The van der Waals surface area contributed by atoms with E-state index in [1.54, 1.807) is 0 Å². The summed E-state index contributed by atoms with van der Waals surface area (Å²) in [6.45, 7) is 0.672. The van der Waals surface area contributed by atoms with Gasteiger partial charge < -0.3 is 37.4 Å². The van der Waals surface area contributed by atoms with Gasteiger partial charge in [-0.05, 0) is 23.6 Å². The van der Waals surface area contributed by atoms with Crippen LogP contribution in [0.15, 0.2) is 50.6 Å². The van der Waals surface area contributed by atoms with Crippen molar-refractivity contribution in [3.8, 4) is 11.8 Å². The molecule has 3 unspecified atom stereocenters. The topological polar surface area (TPSA) is 181 Å². The van der Waals surface area contributed by atoms with Crippen molar-refractivity contribution in [1.29, 1.82) is 0 Å². The number of fused-ring (bicyclic) bond motifs is 4. The van der Waals surface area contributed by atoms with E-state index >= 15 is 8.78 Å². The van der Waals surface area contributed by atoms with Gasteiger partial charge in [-0.1, -0.05) is 25.3 Å². The largest absolute Gasteiger partial charge is 0.472 e. The molecule has 3 aliphatic rings. The Labute approximate surface area is 293 Å². The van der Waals surface area contributed by atoms with Crippen molar-refractivity contribution in [2.45, 2.75) is 49.2 Å². The Hall–Kier alpha value is -2.94. The van der Waals surface area contributed by atoms with Gasteiger partial charge in [0.2, 0.25) is 11.8 Å². The van der Waals surface area contributed by atoms with Crippen molar-refractivity contribution >= 4 is 59.2 Å². The molecular weight excluding hydrogens is 744 g/mol. The second-order valence-corrected chi connectivity index (χ2v) is 18.0. The lowest BCUT2D eigenvalue weighted by molar-refractivity contribution is -0.0549. The first kappa shape index (κ1) is 35.5. The highest BCUT2D eigenvalue weighted by Crippen LogP contribution is 2.55.